The summed E-state index contributed by atoms with van der Waals surface area (Å²) in [6, 6.07) is 11.8. The van der Waals surface area contributed by atoms with Crippen LogP contribution in [0.4, 0.5) is 11.5 Å². The minimum atomic E-state index is -0.00960. The predicted octanol–water partition coefficient (Wildman–Crippen LogP) is 1.83. The van der Waals surface area contributed by atoms with Crippen molar-refractivity contribution in [1.29, 1.82) is 0 Å². The highest BCUT2D eigenvalue weighted by molar-refractivity contribution is 5.91. The molecule has 0 aliphatic heterocycles. The second-order valence-electron chi connectivity index (χ2n) is 5.12. The highest BCUT2D eigenvalue weighted by atomic mass is 16.3. The quantitative estimate of drug-likeness (QED) is 0.765. The van der Waals surface area contributed by atoms with Crippen LogP contribution in [0.3, 0.4) is 0 Å². The molecule has 6 heteroatoms. The fourth-order valence-corrected chi connectivity index (χ4v) is 2.32. The minimum Gasteiger partial charge on any atom is -0.412 e. The Balaban J connectivity index is 0.00000132. The van der Waals surface area contributed by atoms with Crippen molar-refractivity contribution in [3.8, 4) is 0 Å². The number of anilines is 2. The smallest absolute Gasteiger partial charge is 0.141 e. The van der Waals surface area contributed by atoms with Gasteiger partial charge in [-0.25, -0.2) is 9.97 Å². The molecule has 122 valence electrons. The summed E-state index contributed by atoms with van der Waals surface area (Å²) in [6.45, 7) is 4.14. The third-order valence-electron chi connectivity index (χ3n) is 3.69. The van der Waals surface area contributed by atoms with E-state index in [2.05, 4.69) is 41.3 Å². The first-order chi connectivity index (χ1) is 10.2. The van der Waals surface area contributed by atoms with Gasteiger partial charge in [0.15, 0.2) is 0 Å². The summed E-state index contributed by atoms with van der Waals surface area (Å²) in [5, 5.41) is 13.7. The lowest BCUT2D eigenvalue weighted by Crippen LogP contribution is -2.00. The molecular formula is C17H21N3O3. The SMILES string of the molecule is Cc1cc2ncnc(Nc3ccccc3CO)c2cc1C.O.O. The first-order valence-corrected chi connectivity index (χ1v) is 6.87. The van der Waals surface area contributed by atoms with Crippen LogP contribution < -0.4 is 5.32 Å². The number of rotatable bonds is 3. The predicted molar refractivity (Wildman–Crippen MR) is 91.9 cm³/mol. The van der Waals surface area contributed by atoms with E-state index < -0.39 is 0 Å². The van der Waals surface area contributed by atoms with Crippen molar-refractivity contribution >= 4 is 22.4 Å². The molecule has 1 heterocycles. The zero-order valence-corrected chi connectivity index (χ0v) is 13.1. The molecule has 0 aliphatic carbocycles. The second-order valence-corrected chi connectivity index (χ2v) is 5.12. The van der Waals surface area contributed by atoms with Crippen LogP contribution in [0.1, 0.15) is 16.7 Å². The first-order valence-electron chi connectivity index (χ1n) is 6.87. The maximum Gasteiger partial charge on any atom is 0.141 e. The number of nitrogens with zero attached hydrogens (tertiary/aromatic N) is 2. The summed E-state index contributed by atoms with van der Waals surface area (Å²) >= 11 is 0. The highest BCUT2D eigenvalue weighted by Crippen LogP contribution is 2.27. The normalized spacial score (nSPS) is 9.87. The standard InChI is InChI=1S/C17H17N3O.2H2O/c1-11-7-14-16(8-12(11)2)18-10-19-17(14)20-15-6-4-3-5-13(15)9-21;;/h3-8,10,21H,9H2,1-2H3,(H,18,19,20);2*1H2. The van der Waals surface area contributed by atoms with Gasteiger partial charge in [0, 0.05) is 16.6 Å². The lowest BCUT2D eigenvalue weighted by molar-refractivity contribution is 0.282. The Morgan fingerprint density at radius 2 is 1.70 bits per heavy atom. The summed E-state index contributed by atoms with van der Waals surface area (Å²) in [6.07, 6.45) is 1.56. The second kappa shape index (κ2) is 7.64. The minimum absolute atomic E-state index is 0. The van der Waals surface area contributed by atoms with Gasteiger partial charge in [0.2, 0.25) is 0 Å². The molecule has 3 aromatic rings. The molecule has 0 saturated heterocycles. The van der Waals surface area contributed by atoms with Crippen molar-refractivity contribution in [2.24, 2.45) is 0 Å². The number of fused-ring (bicyclic) bond motifs is 1. The fourth-order valence-electron chi connectivity index (χ4n) is 2.32. The van der Waals surface area contributed by atoms with E-state index in [0.717, 1.165) is 28.0 Å². The van der Waals surface area contributed by atoms with Crippen LogP contribution in [-0.4, -0.2) is 26.0 Å². The molecule has 6 nitrogen and oxygen atoms in total. The lowest BCUT2D eigenvalue weighted by atomic mass is 10.1. The van der Waals surface area contributed by atoms with Crippen molar-refractivity contribution in [1.82, 2.24) is 9.97 Å². The van der Waals surface area contributed by atoms with Gasteiger partial charge < -0.3 is 21.4 Å². The maximum atomic E-state index is 9.42. The average Bonchev–Trinajstić information content (AvgIpc) is 2.50. The molecule has 0 radical (unpaired) electrons. The maximum absolute atomic E-state index is 9.42. The number of benzene rings is 2. The number of aryl methyl sites for hydroxylation is 2. The zero-order chi connectivity index (χ0) is 14.8. The molecule has 0 unspecified atom stereocenters. The van der Waals surface area contributed by atoms with Crippen molar-refractivity contribution in [3.63, 3.8) is 0 Å². The van der Waals surface area contributed by atoms with Crippen LogP contribution in [0.15, 0.2) is 42.7 Å². The first kappa shape index (κ1) is 18.5. The number of nitrogens with one attached hydrogen (secondary N) is 1. The fraction of sp³-hybridized carbons (Fsp3) is 0.176. The summed E-state index contributed by atoms with van der Waals surface area (Å²) in [7, 11) is 0. The zero-order valence-electron chi connectivity index (χ0n) is 13.1. The molecule has 0 atom stereocenters. The Morgan fingerprint density at radius 1 is 1.00 bits per heavy atom. The van der Waals surface area contributed by atoms with Crippen LogP contribution >= 0.6 is 0 Å². The van der Waals surface area contributed by atoms with E-state index in [-0.39, 0.29) is 17.6 Å². The van der Waals surface area contributed by atoms with Gasteiger partial charge in [-0.1, -0.05) is 18.2 Å². The monoisotopic (exact) mass is 315 g/mol. The van der Waals surface area contributed by atoms with Gasteiger partial charge in [0.1, 0.15) is 12.1 Å². The van der Waals surface area contributed by atoms with Crippen LogP contribution in [0.2, 0.25) is 0 Å². The van der Waals surface area contributed by atoms with Gasteiger partial charge in [0.25, 0.3) is 0 Å². The number of para-hydroxylation sites is 1. The number of aliphatic hydroxyl groups is 1. The Kier molecular flexibility index (Phi) is 6.15. The molecule has 0 bridgehead atoms. The summed E-state index contributed by atoms with van der Waals surface area (Å²) < 4.78 is 0. The van der Waals surface area contributed by atoms with Gasteiger partial charge >= 0.3 is 0 Å². The van der Waals surface area contributed by atoms with Crippen molar-refractivity contribution < 1.29 is 16.1 Å². The number of aromatic nitrogens is 2. The third kappa shape index (κ3) is 3.62. The van der Waals surface area contributed by atoms with Crippen molar-refractivity contribution in [3.05, 3.63) is 59.4 Å². The number of hydrogen-bond donors (Lipinski definition) is 2. The van der Waals surface area contributed by atoms with E-state index in [4.69, 9.17) is 0 Å². The summed E-state index contributed by atoms with van der Waals surface area (Å²) in [5.41, 5.74) is 5.03. The van der Waals surface area contributed by atoms with E-state index in [9.17, 15) is 5.11 Å². The van der Waals surface area contributed by atoms with Gasteiger partial charge in [-0.3, -0.25) is 0 Å². The van der Waals surface area contributed by atoms with Crippen molar-refractivity contribution in [2.75, 3.05) is 5.32 Å². The molecule has 0 fully saturated rings. The van der Waals surface area contributed by atoms with E-state index in [1.54, 1.807) is 6.33 Å². The summed E-state index contributed by atoms with van der Waals surface area (Å²) in [4.78, 5) is 8.67. The van der Waals surface area contributed by atoms with E-state index in [1.165, 1.54) is 11.1 Å². The number of hydrogen-bond acceptors (Lipinski definition) is 4. The van der Waals surface area contributed by atoms with Crippen LogP contribution in [0.25, 0.3) is 10.9 Å². The molecular weight excluding hydrogens is 294 g/mol. The molecule has 0 amide bonds. The summed E-state index contributed by atoms with van der Waals surface area (Å²) in [5.74, 6) is 0.754. The molecule has 3 rings (SSSR count). The lowest BCUT2D eigenvalue weighted by Gasteiger charge is -2.12. The Morgan fingerprint density at radius 3 is 2.43 bits per heavy atom. The van der Waals surface area contributed by atoms with Gasteiger partial charge in [-0.2, -0.15) is 0 Å². The van der Waals surface area contributed by atoms with E-state index in [1.807, 2.05) is 24.3 Å². The van der Waals surface area contributed by atoms with Crippen LogP contribution in [-0.2, 0) is 6.61 Å². The van der Waals surface area contributed by atoms with Gasteiger partial charge in [0.05, 0.1) is 12.1 Å². The molecule has 0 spiro atoms. The Labute approximate surface area is 134 Å². The van der Waals surface area contributed by atoms with Crippen LogP contribution in [0, 0.1) is 13.8 Å². The highest BCUT2D eigenvalue weighted by Gasteiger charge is 2.08. The molecule has 0 aliphatic rings. The van der Waals surface area contributed by atoms with E-state index >= 15 is 0 Å². The van der Waals surface area contributed by atoms with E-state index in [0.29, 0.717) is 0 Å². The van der Waals surface area contributed by atoms with Crippen molar-refractivity contribution in [2.45, 2.75) is 20.5 Å². The molecule has 2 aromatic carbocycles. The largest absolute Gasteiger partial charge is 0.412 e. The van der Waals surface area contributed by atoms with Crippen LogP contribution in [0.5, 0.6) is 0 Å². The molecule has 0 saturated carbocycles. The Bertz CT molecular complexity index is 806. The molecule has 6 N–H and O–H groups in total. The van der Waals surface area contributed by atoms with Gasteiger partial charge in [-0.15, -0.1) is 0 Å². The topological polar surface area (TPSA) is 121 Å². The Hall–Kier alpha value is -2.54. The third-order valence-corrected chi connectivity index (χ3v) is 3.69. The molecule has 1 aromatic heterocycles. The number of aliphatic hydroxyl groups excluding tert-OH is 1. The van der Waals surface area contributed by atoms with Gasteiger partial charge in [-0.05, 0) is 43.2 Å². The average molecular weight is 315 g/mol. The molecule has 23 heavy (non-hydrogen) atoms.